The van der Waals surface area contributed by atoms with Crippen molar-refractivity contribution in [1.82, 2.24) is 20.0 Å². The fourth-order valence-corrected chi connectivity index (χ4v) is 5.60. The van der Waals surface area contributed by atoms with Gasteiger partial charge in [0.15, 0.2) is 10.6 Å². The maximum Gasteiger partial charge on any atom is 0.276 e. The van der Waals surface area contributed by atoms with E-state index in [1.807, 2.05) is 6.07 Å². The van der Waals surface area contributed by atoms with E-state index in [-0.39, 0.29) is 18.1 Å². The molecule has 1 aliphatic rings. The second-order valence-electron chi connectivity index (χ2n) is 9.15. The third-order valence-electron chi connectivity index (χ3n) is 6.43. The Hall–Kier alpha value is -2.92. The SMILES string of the molecule is O=C(NCc1ccc(Cl)cc1)c1nn(C[S+]([O-])c2ccc(Cl)cc2)c2ccc(CN3CCOCC3)cc2c1=O. The predicted octanol–water partition coefficient (Wildman–Crippen LogP) is 4.23. The summed E-state index contributed by atoms with van der Waals surface area (Å²) in [4.78, 5) is 29.5. The third-order valence-corrected chi connectivity index (χ3v) is 8.21. The topological polar surface area (TPSA) is 99.5 Å². The second kappa shape index (κ2) is 12.5. The lowest BCUT2D eigenvalue weighted by Gasteiger charge is -2.26. The minimum absolute atomic E-state index is 0.0430. The Bertz CT molecular complexity index is 1520. The molecule has 0 spiro atoms. The van der Waals surface area contributed by atoms with Crippen LogP contribution < -0.4 is 10.7 Å². The molecule has 0 radical (unpaired) electrons. The minimum Gasteiger partial charge on any atom is -0.610 e. The average Bonchev–Trinajstić information content (AvgIpc) is 2.95. The number of nitrogens with zero attached hydrogens (tertiary/aromatic N) is 3. The summed E-state index contributed by atoms with van der Waals surface area (Å²) in [5.41, 5.74) is 1.53. The van der Waals surface area contributed by atoms with Gasteiger partial charge in [0.2, 0.25) is 11.3 Å². The van der Waals surface area contributed by atoms with Crippen molar-refractivity contribution in [2.75, 3.05) is 26.3 Å². The Morgan fingerprint density at radius 2 is 1.62 bits per heavy atom. The number of hydrogen-bond acceptors (Lipinski definition) is 6. The summed E-state index contributed by atoms with van der Waals surface area (Å²) >= 11 is 10.4. The predicted molar refractivity (Wildman–Crippen MR) is 153 cm³/mol. The molecule has 2 heterocycles. The molecule has 4 aromatic rings. The highest BCUT2D eigenvalue weighted by Gasteiger charge is 2.21. The first-order chi connectivity index (χ1) is 18.9. The van der Waals surface area contributed by atoms with E-state index in [0.717, 1.165) is 24.2 Å². The van der Waals surface area contributed by atoms with Gasteiger partial charge in [-0.2, -0.15) is 5.10 Å². The highest BCUT2D eigenvalue weighted by atomic mass is 35.5. The summed E-state index contributed by atoms with van der Waals surface area (Å²) in [5, 5.41) is 8.62. The van der Waals surface area contributed by atoms with Crippen LogP contribution in [0.25, 0.3) is 10.9 Å². The fraction of sp³-hybridized carbons (Fsp3) is 0.250. The largest absolute Gasteiger partial charge is 0.610 e. The molecule has 0 aliphatic carbocycles. The Labute approximate surface area is 238 Å². The molecule has 39 heavy (non-hydrogen) atoms. The van der Waals surface area contributed by atoms with E-state index in [2.05, 4.69) is 15.3 Å². The molecule has 1 atom stereocenters. The van der Waals surface area contributed by atoms with Crippen LogP contribution >= 0.6 is 23.2 Å². The van der Waals surface area contributed by atoms with Gasteiger partial charge in [-0.25, -0.2) is 4.68 Å². The Morgan fingerprint density at radius 3 is 2.31 bits per heavy atom. The lowest BCUT2D eigenvalue weighted by Crippen LogP contribution is -2.35. The smallest absolute Gasteiger partial charge is 0.276 e. The zero-order valence-electron chi connectivity index (χ0n) is 20.9. The Morgan fingerprint density at radius 1 is 0.974 bits per heavy atom. The molecular formula is C28H26Cl2N4O4S. The summed E-state index contributed by atoms with van der Waals surface area (Å²) in [6.07, 6.45) is 0. The summed E-state index contributed by atoms with van der Waals surface area (Å²) in [5.74, 6) is -0.653. The van der Waals surface area contributed by atoms with E-state index in [1.165, 1.54) is 4.68 Å². The average molecular weight is 586 g/mol. The van der Waals surface area contributed by atoms with E-state index < -0.39 is 22.5 Å². The van der Waals surface area contributed by atoms with Crippen molar-refractivity contribution < 1.29 is 14.1 Å². The number of morpholine rings is 1. The number of halogens is 2. The molecule has 1 saturated heterocycles. The van der Waals surface area contributed by atoms with Gasteiger partial charge < -0.3 is 14.6 Å². The quantitative estimate of drug-likeness (QED) is 0.311. The van der Waals surface area contributed by atoms with Crippen molar-refractivity contribution in [3.63, 3.8) is 0 Å². The number of hydrogen-bond donors (Lipinski definition) is 1. The van der Waals surface area contributed by atoms with Crippen molar-refractivity contribution in [2.45, 2.75) is 23.9 Å². The van der Waals surface area contributed by atoms with Gasteiger partial charge in [0.1, 0.15) is 0 Å². The van der Waals surface area contributed by atoms with Crippen LogP contribution in [0.4, 0.5) is 0 Å². The monoisotopic (exact) mass is 584 g/mol. The molecule has 3 aromatic carbocycles. The van der Waals surface area contributed by atoms with Gasteiger partial charge in [0, 0.05) is 47.4 Å². The van der Waals surface area contributed by atoms with Crippen LogP contribution in [-0.4, -0.2) is 51.4 Å². The van der Waals surface area contributed by atoms with Crippen LogP contribution in [0.3, 0.4) is 0 Å². The normalized spacial score (nSPS) is 14.8. The molecular weight excluding hydrogens is 559 g/mol. The van der Waals surface area contributed by atoms with E-state index in [0.29, 0.717) is 45.6 Å². The molecule has 8 nitrogen and oxygen atoms in total. The molecule has 11 heteroatoms. The lowest BCUT2D eigenvalue weighted by atomic mass is 10.1. The summed E-state index contributed by atoms with van der Waals surface area (Å²) < 4.78 is 20.1. The van der Waals surface area contributed by atoms with Crippen LogP contribution in [0.5, 0.6) is 0 Å². The number of ether oxygens (including phenoxy) is 1. The van der Waals surface area contributed by atoms with E-state index >= 15 is 0 Å². The first-order valence-corrected chi connectivity index (χ1v) is 14.5. The molecule has 1 amide bonds. The number of carbonyl (C=O) groups excluding carboxylic acids is 1. The lowest BCUT2D eigenvalue weighted by molar-refractivity contribution is 0.0342. The van der Waals surface area contributed by atoms with Crippen LogP contribution in [-0.2, 0) is 34.9 Å². The molecule has 1 fully saturated rings. The third kappa shape index (κ3) is 6.81. The molecule has 1 N–H and O–H groups in total. The summed E-state index contributed by atoms with van der Waals surface area (Å²) in [6.45, 7) is 3.78. The van der Waals surface area contributed by atoms with E-state index in [4.69, 9.17) is 27.9 Å². The maximum absolute atomic E-state index is 13.5. The number of fused-ring (bicyclic) bond motifs is 1. The van der Waals surface area contributed by atoms with Crippen LogP contribution in [0.1, 0.15) is 21.6 Å². The number of amides is 1. The van der Waals surface area contributed by atoms with Crippen molar-refractivity contribution in [3.8, 4) is 0 Å². The molecule has 0 saturated carbocycles. The summed E-state index contributed by atoms with van der Waals surface area (Å²) in [7, 11) is 0. The highest BCUT2D eigenvalue weighted by Crippen LogP contribution is 2.20. The zero-order chi connectivity index (χ0) is 27.4. The summed E-state index contributed by atoms with van der Waals surface area (Å²) in [6, 6.07) is 19.3. The second-order valence-corrected chi connectivity index (χ2v) is 11.4. The number of rotatable bonds is 8. The molecule has 1 aliphatic heterocycles. The van der Waals surface area contributed by atoms with Gasteiger partial charge in [0.25, 0.3) is 5.91 Å². The van der Waals surface area contributed by atoms with E-state index in [9.17, 15) is 14.1 Å². The van der Waals surface area contributed by atoms with Crippen molar-refractivity contribution >= 4 is 51.2 Å². The Kier molecular flexibility index (Phi) is 8.86. The molecule has 1 unspecified atom stereocenters. The first kappa shape index (κ1) is 27.6. The molecule has 1 aromatic heterocycles. The van der Waals surface area contributed by atoms with Gasteiger partial charge in [-0.15, -0.1) is 0 Å². The molecule has 0 bridgehead atoms. The molecule has 5 rings (SSSR count). The van der Waals surface area contributed by atoms with Crippen LogP contribution in [0, 0.1) is 0 Å². The van der Waals surface area contributed by atoms with Gasteiger partial charge in [-0.05, 0) is 59.7 Å². The minimum atomic E-state index is -1.50. The number of aromatic nitrogens is 2. The van der Waals surface area contributed by atoms with Gasteiger partial charge >= 0.3 is 0 Å². The van der Waals surface area contributed by atoms with Crippen LogP contribution in [0.15, 0.2) is 76.4 Å². The zero-order valence-corrected chi connectivity index (χ0v) is 23.3. The number of carbonyl (C=O) groups is 1. The van der Waals surface area contributed by atoms with Crippen molar-refractivity contribution in [3.05, 3.63) is 104 Å². The standard InChI is InChI=1S/C28H26Cl2N4O4S/c29-21-4-1-19(2-5-21)16-31-28(36)26-27(35)24-15-20(17-33-11-13-38-14-12-33)3-10-25(24)34(32-26)18-39(37)23-8-6-22(30)7-9-23/h1-10,15H,11-14,16-18H2,(H,31,36). The van der Waals surface area contributed by atoms with Crippen molar-refractivity contribution in [2.24, 2.45) is 0 Å². The van der Waals surface area contributed by atoms with Gasteiger partial charge in [-0.3, -0.25) is 14.5 Å². The van der Waals surface area contributed by atoms with E-state index in [1.54, 1.807) is 60.7 Å². The molecule has 202 valence electrons. The van der Waals surface area contributed by atoms with Crippen molar-refractivity contribution in [1.29, 1.82) is 0 Å². The van der Waals surface area contributed by atoms with Gasteiger partial charge in [-0.1, -0.05) is 41.4 Å². The highest BCUT2D eigenvalue weighted by molar-refractivity contribution is 7.90. The first-order valence-electron chi connectivity index (χ1n) is 12.4. The maximum atomic E-state index is 13.5. The Balaban J connectivity index is 1.48. The van der Waals surface area contributed by atoms with Gasteiger partial charge in [0.05, 0.1) is 24.1 Å². The number of nitrogens with one attached hydrogen (secondary N) is 1. The number of benzene rings is 3. The van der Waals surface area contributed by atoms with Crippen LogP contribution in [0.2, 0.25) is 10.0 Å². The fourth-order valence-electron chi connectivity index (χ4n) is 4.34.